The highest BCUT2D eigenvalue weighted by Crippen LogP contribution is 2.24. The molecule has 1 aromatic rings. The van der Waals surface area contributed by atoms with Crippen molar-refractivity contribution in [3.63, 3.8) is 0 Å². The van der Waals surface area contributed by atoms with Crippen LogP contribution in [-0.2, 0) is 16.1 Å². The zero-order valence-electron chi connectivity index (χ0n) is 12.6. The van der Waals surface area contributed by atoms with Gasteiger partial charge in [0.25, 0.3) is 0 Å². The van der Waals surface area contributed by atoms with Crippen LogP contribution in [0, 0.1) is 0 Å². The molecule has 1 aromatic carbocycles. The van der Waals surface area contributed by atoms with Crippen molar-refractivity contribution in [3.05, 3.63) is 35.4 Å². The number of Topliss-reactive ketones (excluding diaryl/α,β-unsaturated/α-hetero) is 1. The molecule has 1 atom stereocenters. The zero-order chi connectivity index (χ0) is 15.9. The van der Waals surface area contributed by atoms with Crippen molar-refractivity contribution in [1.82, 2.24) is 4.90 Å². The molecule has 1 saturated heterocycles. The summed E-state index contributed by atoms with van der Waals surface area (Å²) < 4.78 is 5.12. The lowest BCUT2D eigenvalue weighted by molar-refractivity contribution is -0.138. The molecular formula is C16H19N3O3. The minimum absolute atomic E-state index is 0.0563. The van der Waals surface area contributed by atoms with Gasteiger partial charge in [-0.05, 0) is 30.5 Å². The highest BCUT2D eigenvalue weighted by molar-refractivity contribution is 6.25. The minimum atomic E-state index is -0.276. The summed E-state index contributed by atoms with van der Waals surface area (Å²) in [5, 5.41) is 0. The molecule has 116 valence electrons. The molecular weight excluding hydrogens is 282 g/mol. The Morgan fingerprint density at radius 2 is 2.18 bits per heavy atom. The molecule has 1 aliphatic rings. The summed E-state index contributed by atoms with van der Waals surface area (Å²) in [7, 11) is 1.60. The van der Waals surface area contributed by atoms with E-state index in [1.807, 2.05) is 24.3 Å². The molecule has 22 heavy (non-hydrogen) atoms. The first-order valence-corrected chi connectivity index (χ1v) is 7.26. The maximum atomic E-state index is 12.2. The number of nitrogens with zero attached hydrogens (tertiary/aromatic N) is 3. The summed E-state index contributed by atoms with van der Waals surface area (Å²) in [6, 6.07) is 7.38. The van der Waals surface area contributed by atoms with E-state index in [0.717, 1.165) is 30.4 Å². The van der Waals surface area contributed by atoms with Crippen LogP contribution in [0.3, 0.4) is 0 Å². The molecule has 0 radical (unpaired) electrons. The van der Waals surface area contributed by atoms with E-state index in [4.69, 9.17) is 10.3 Å². The highest BCUT2D eigenvalue weighted by atomic mass is 16.5. The van der Waals surface area contributed by atoms with Crippen molar-refractivity contribution < 1.29 is 19.1 Å². The predicted molar refractivity (Wildman–Crippen MR) is 80.5 cm³/mol. The molecule has 0 aliphatic carbocycles. The molecule has 0 saturated carbocycles. The molecule has 0 spiro atoms. The second kappa shape index (κ2) is 7.52. The Bertz CT molecular complexity index is 591. The Labute approximate surface area is 129 Å². The number of rotatable bonds is 6. The van der Waals surface area contributed by atoms with Crippen molar-refractivity contribution in [2.75, 3.05) is 7.11 Å². The van der Waals surface area contributed by atoms with Gasteiger partial charge in [-0.25, -0.2) is 0 Å². The average Bonchev–Trinajstić information content (AvgIpc) is 2.51. The Morgan fingerprint density at radius 3 is 2.82 bits per heavy atom. The normalized spacial score (nSPS) is 17.8. The highest BCUT2D eigenvalue weighted by Gasteiger charge is 2.29. The average molecular weight is 301 g/mol. The lowest BCUT2D eigenvalue weighted by atomic mass is 9.96. The second-order valence-corrected chi connectivity index (χ2v) is 5.33. The Morgan fingerprint density at radius 1 is 1.45 bits per heavy atom. The van der Waals surface area contributed by atoms with Crippen molar-refractivity contribution in [1.29, 1.82) is 0 Å². The molecule has 0 bridgehead atoms. The van der Waals surface area contributed by atoms with E-state index in [1.165, 1.54) is 0 Å². The Balaban J connectivity index is 2.10. The summed E-state index contributed by atoms with van der Waals surface area (Å²) >= 11 is 0. The largest absolute Gasteiger partial charge is 0.497 e. The lowest BCUT2D eigenvalue weighted by Crippen LogP contribution is -2.44. The van der Waals surface area contributed by atoms with Crippen molar-refractivity contribution in [2.24, 2.45) is 0 Å². The van der Waals surface area contributed by atoms with Crippen LogP contribution in [0.4, 0.5) is 0 Å². The number of ketones is 1. The number of ether oxygens (including phenoxy) is 1. The van der Waals surface area contributed by atoms with E-state index in [-0.39, 0.29) is 24.2 Å². The van der Waals surface area contributed by atoms with E-state index in [1.54, 1.807) is 12.0 Å². The fourth-order valence-electron chi connectivity index (χ4n) is 2.70. The standard InChI is InChI=1S/C16H19N3O3/c1-22-15-7-5-12(6-8-15)11-19-13(3-2-4-16(19)21)9-14(20)10-18-17/h5-8,10,13H,2-4,9,11H2,1H3. The number of carbonyl (C=O) groups excluding carboxylic acids is 2. The number of carbonyl (C=O) groups is 2. The van der Waals surface area contributed by atoms with Gasteiger partial charge in [0, 0.05) is 25.4 Å². The van der Waals surface area contributed by atoms with Crippen LogP contribution in [0.5, 0.6) is 5.75 Å². The van der Waals surface area contributed by atoms with Crippen LogP contribution in [0.1, 0.15) is 31.2 Å². The SMILES string of the molecule is COc1ccc(CN2C(=O)CCCC2CC(=O)C=[N+]=[N-])cc1. The molecule has 1 amide bonds. The first-order chi connectivity index (χ1) is 10.6. The number of methoxy groups -OCH3 is 1. The second-order valence-electron chi connectivity index (χ2n) is 5.33. The summed E-state index contributed by atoms with van der Waals surface area (Å²) in [5.41, 5.74) is 9.41. The van der Waals surface area contributed by atoms with Crippen molar-refractivity contribution in [2.45, 2.75) is 38.3 Å². The predicted octanol–water partition coefficient (Wildman–Crippen LogP) is 1.84. The quantitative estimate of drug-likeness (QED) is 0.456. The smallest absolute Gasteiger partial charge is 0.323 e. The van der Waals surface area contributed by atoms with Crippen LogP contribution >= 0.6 is 0 Å². The third-order valence-electron chi connectivity index (χ3n) is 3.84. The fourth-order valence-corrected chi connectivity index (χ4v) is 2.70. The van der Waals surface area contributed by atoms with E-state index >= 15 is 0 Å². The van der Waals surface area contributed by atoms with Gasteiger partial charge in [0.2, 0.25) is 11.7 Å². The summed E-state index contributed by atoms with van der Waals surface area (Å²) in [6.45, 7) is 0.469. The lowest BCUT2D eigenvalue weighted by Gasteiger charge is -2.35. The first-order valence-electron chi connectivity index (χ1n) is 7.26. The van der Waals surface area contributed by atoms with Crippen LogP contribution < -0.4 is 4.74 Å². The van der Waals surface area contributed by atoms with Gasteiger partial charge in [0.15, 0.2) is 0 Å². The van der Waals surface area contributed by atoms with Crippen LogP contribution in [0.15, 0.2) is 24.3 Å². The number of hydrogen-bond acceptors (Lipinski definition) is 3. The van der Waals surface area contributed by atoms with Gasteiger partial charge < -0.3 is 15.2 Å². The summed E-state index contributed by atoms with van der Waals surface area (Å²) in [4.78, 5) is 28.3. The fraction of sp³-hybridized carbons (Fsp3) is 0.438. The van der Waals surface area contributed by atoms with Crippen LogP contribution in [0.25, 0.3) is 5.53 Å². The van der Waals surface area contributed by atoms with Gasteiger partial charge in [-0.3, -0.25) is 9.59 Å². The molecule has 6 nitrogen and oxygen atoms in total. The number of likely N-dealkylation sites (tertiary alicyclic amines) is 1. The molecule has 0 aromatic heterocycles. The first kappa shape index (κ1) is 15.9. The van der Waals surface area contributed by atoms with E-state index in [0.29, 0.717) is 13.0 Å². The summed E-state index contributed by atoms with van der Waals surface area (Å²) in [5.74, 6) is 0.544. The molecule has 1 heterocycles. The van der Waals surface area contributed by atoms with Gasteiger partial charge in [-0.1, -0.05) is 12.1 Å². The van der Waals surface area contributed by atoms with Gasteiger partial charge in [-0.15, -0.1) is 0 Å². The third-order valence-corrected chi connectivity index (χ3v) is 3.84. The van der Waals surface area contributed by atoms with Crippen LogP contribution in [-0.4, -0.2) is 40.7 Å². The van der Waals surface area contributed by atoms with Crippen molar-refractivity contribution >= 4 is 17.9 Å². The number of amides is 1. The zero-order valence-corrected chi connectivity index (χ0v) is 12.6. The Kier molecular flexibility index (Phi) is 5.44. The Hall–Kier alpha value is -2.46. The molecule has 1 unspecified atom stereocenters. The monoisotopic (exact) mass is 301 g/mol. The number of benzene rings is 1. The molecule has 1 fully saturated rings. The van der Waals surface area contributed by atoms with E-state index in [2.05, 4.69) is 4.79 Å². The third kappa shape index (κ3) is 4.02. The number of hydrogen-bond donors (Lipinski definition) is 0. The van der Waals surface area contributed by atoms with Gasteiger partial charge in [0.1, 0.15) is 5.75 Å². The molecule has 1 aliphatic heterocycles. The van der Waals surface area contributed by atoms with Crippen molar-refractivity contribution in [3.8, 4) is 5.75 Å². The van der Waals surface area contributed by atoms with Crippen LogP contribution in [0.2, 0.25) is 0 Å². The van der Waals surface area contributed by atoms with E-state index in [9.17, 15) is 9.59 Å². The minimum Gasteiger partial charge on any atom is -0.497 e. The van der Waals surface area contributed by atoms with Gasteiger partial charge in [0.05, 0.1) is 7.11 Å². The summed E-state index contributed by atoms with van der Waals surface area (Å²) in [6.07, 6.45) is 3.16. The molecule has 2 rings (SSSR count). The molecule has 6 heteroatoms. The maximum Gasteiger partial charge on any atom is 0.323 e. The maximum absolute atomic E-state index is 12.2. The van der Waals surface area contributed by atoms with Gasteiger partial charge >= 0.3 is 6.21 Å². The number of piperidine rings is 1. The van der Waals surface area contributed by atoms with E-state index < -0.39 is 0 Å². The molecule has 0 N–H and O–H groups in total. The topological polar surface area (TPSA) is 83.0 Å². The van der Waals surface area contributed by atoms with Gasteiger partial charge in [-0.2, -0.15) is 4.79 Å².